The van der Waals surface area contributed by atoms with Crippen molar-refractivity contribution in [3.8, 4) is 5.75 Å². The van der Waals surface area contributed by atoms with Crippen LogP contribution in [0.15, 0.2) is 36.4 Å². The second kappa shape index (κ2) is 6.50. The third kappa shape index (κ3) is 3.89. The summed E-state index contributed by atoms with van der Waals surface area (Å²) in [5.74, 6) is 0.411. The highest BCUT2D eigenvalue weighted by Crippen LogP contribution is 2.23. The van der Waals surface area contributed by atoms with Gasteiger partial charge in [-0.05, 0) is 49.2 Å². The van der Waals surface area contributed by atoms with Crippen LogP contribution in [0.25, 0.3) is 0 Å². The van der Waals surface area contributed by atoms with Gasteiger partial charge in [0.25, 0.3) is 5.91 Å². The Kier molecular flexibility index (Phi) is 4.70. The third-order valence-electron chi connectivity index (χ3n) is 3.20. The maximum absolute atomic E-state index is 11.9. The van der Waals surface area contributed by atoms with Crippen molar-refractivity contribution >= 4 is 28.9 Å². The van der Waals surface area contributed by atoms with Crippen LogP contribution >= 0.6 is 11.6 Å². The quantitative estimate of drug-likeness (QED) is 0.849. The number of anilines is 2. The number of amides is 1. The number of nitrogens with two attached hydrogens (primary N) is 1. The number of carbonyl (C=O) groups excluding carboxylic acids is 1. The Labute approximate surface area is 128 Å². The molecule has 4 nitrogen and oxygen atoms in total. The van der Waals surface area contributed by atoms with Gasteiger partial charge in [-0.15, -0.1) is 0 Å². The van der Waals surface area contributed by atoms with Gasteiger partial charge in [0.1, 0.15) is 5.75 Å². The van der Waals surface area contributed by atoms with E-state index in [4.69, 9.17) is 22.1 Å². The lowest BCUT2D eigenvalue weighted by Crippen LogP contribution is -2.21. The molecule has 0 radical (unpaired) electrons. The molecule has 2 rings (SSSR count). The van der Waals surface area contributed by atoms with E-state index in [1.54, 1.807) is 18.2 Å². The van der Waals surface area contributed by atoms with Gasteiger partial charge in [-0.25, -0.2) is 0 Å². The molecule has 0 unspecified atom stereocenters. The summed E-state index contributed by atoms with van der Waals surface area (Å²) in [6.45, 7) is 3.86. The van der Waals surface area contributed by atoms with E-state index < -0.39 is 0 Å². The molecule has 5 heteroatoms. The fraction of sp³-hybridized carbons (Fsp3) is 0.188. The Morgan fingerprint density at radius 2 is 2.05 bits per heavy atom. The Bertz CT molecular complexity index is 671. The molecule has 2 aromatic rings. The first kappa shape index (κ1) is 15.2. The lowest BCUT2D eigenvalue weighted by molar-refractivity contribution is -0.118. The molecular weight excluding hydrogens is 288 g/mol. The van der Waals surface area contributed by atoms with E-state index in [2.05, 4.69) is 5.32 Å². The van der Waals surface area contributed by atoms with Crippen molar-refractivity contribution in [2.24, 2.45) is 0 Å². The van der Waals surface area contributed by atoms with E-state index in [9.17, 15) is 4.79 Å². The molecule has 110 valence electrons. The number of nitrogen functional groups attached to an aromatic ring is 1. The lowest BCUT2D eigenvalue weighted by Gasteiger charge is -2.12. The van der Waals surface area contributed by atoms with Crippen LogP contribution in [-0.2, 0) is 4.79 Å². The van der Waals surface area contributed by atoms with Gasteiger partial charge in [0.05, 0.1) is 11.4 Å². The van der Waals surface area contributed by atoms with Gasteiger partial charge in [0.15, 0.2) is 6.61 Å². The third-order valence-corrected chi connectivity index (χ3v) is 3.44. The molecule has 0 saturated carbocycles. The fourth-order valence-corrected chi connectivity index (χ4v) is 2.02. The number of carbonyl (C=O) groups is 1. The number of halogens is 1. The molecule has 21 heavy (non-hydrogen) atoms. The molecule has 0 heterocycles. The number of benzene rings is 2. The van der Waals surface area contributed by atoms with Crippen LogP contribution in [0.5, 0.6) is 5.75 Å². The van der Waals surface area contributed by atoms with Crippen molar-refractivity contribution < 1.29 is 9.53 Å². The van der Waals surface area contributed by atoms with Crippen molar-refractivity contribution in [3.05, 3.63) is 52.5 Å². The molecule has 2 aromatic carbocycles. The van der Waals surface area contributed by atoms with Crippen molar-refractivity contribution in [2.75, 3.05) is 17.7 Å². The van der Waals surface area contributed by atoms with Crippen LogP contribution < -0.4 is 15.8 Å². The van der Waals surface area contributed by atoms with Crippen LogP contribution in [0.4, 0.5) is 11.4 Å². The average molecular weight is 305 g/mol. The Morgan fingerprint density at radius 1 is 1.29 bits per heavy atom. The van der Waals surface area contributed by atoms with Gasteiger partial charge in [-0.1, -0.05) is 23.7 Å². The molecule has 0 bridgehead atoms. The first-order valence-corrected chi connectivity index (χ1v) is 6.89. The summed E-state index contributed by atoms with van der Waals surface area (Å²) >= 11 is 5.87. The standard InChI is InChI=1S/C16H17ClN2O2/c1-10-4-3-5-15(11(10)2)21-9-16(20)19-14-8-12(17)6-7-13(14)18/h3-8H,9,18H2,1-2H3,(H,19,20). The van der Waals surface area contributed by atoms with Crippen molar-refractivity contribution in [1.82, 2.24) is 0 Å². The number of aryl methyl sites for hydroxylation is 1. The van der Waals surface area contributed by atoms with E-state index >= 15 is 0 Å². The Morgan fingerprint density at radius 3 is 2.81 bits per heavy atom. The van der Waals surface area contributed by atoms with Crippen LogP contribution in [0.3, 0.4) is 0 Å². The van der Waals surface area contributed by atoms with Gasteiger partial charge in [0.2, 0.25) is 0 Å². The fourth-order valence-electron chi connectivity index (χ4n) is 1.85. The first-order valence-electron chi connectivity index (χ1n) is 6.51. The first-order chi connectivity index (χ1) is 9.97. The number of hydrogen-bond acceptors (Lipinski definition) is 3. The van der Waals surface area contributed by atoms with Crippen LogP contribution in [0, 0.1) is 13.8 Å². The zero-order valence-corrected chi connectivity index (χ0v) is 12.7. The van der Waals surface area contributed by atoms with Gasteiger partial charge in [0, 0.05) is 5.02 Å². The highest BCUT2D eigenvalue weighted by Gasteiger charge is 2.08. The van der Waals surface area contributed by atoms with E-state index in [0.717, 1.165) is 11.1 Å². The minimum atomic E-state index is -0.287. The van der Waals surface area contributed by atoms with Gasteiger partial charge < -0.3 is 15.8 Å². The minimum absolute atomic E-state index is 0.0871. The molecule has 0 atom stereocenters. The molecule has 0 aliphatic carbocycles. The Balaban J connectivity index is 1.99. The zero-order valence-electron chi connectivity index (χ0n) is 11.9. The summed E-state index contributed by atoms with van der Waals surface area (Å²) in [7, 11) is 0. The molecule has 1 amide bonds. The Hall–Kier alpha value is -2.20. The smallest absolute Gasteiger partial charge is 0.262 e. The van der Waals surface area contributed by atoms with Crippen molar-refractivity contribution in [1.29, 1.82) is 0 Å². The van der Waals surface area contributed by atoms with E-state index in [-0.39, 0.29) is 12.5 Å². The van der Waals surface area contributed by atoms with Crippen LogP contribution in [0.1, 0.15) is 11.1 Å². The molecule has 0 saturated heterocycles. The predicted molar refractivity (Wildman–Crippen MR) is 85.9 cm³/mol. The molecule has 0 aliphatic rings. The summed E-state index contributed by atoms with van der Waals surface area (Å²) < 4.78 is 5.54. The van der Waals surface area contributed by atoms with Gasteiger partial charge in [-0.2, -0.15) is 0 Å². The second-order valence-corrected chi connectivity index (χ2v) is 5.20. The lowest BCUT2D eigenvalue weighted by atomic mass is 10.1. The number of nitrogens with one attached hydrogen (secondary N) is 1. The summed E-state index contributed by atoms with van der Waals surface area (Å²) in [6.07, 6.45) is 0. The van der Waals surface area contributed by atoms with E-state index in [1.807, 2.05) is 32.0 Å². The summed E-state index contributed by atoms with van der Waals surface area (Å²) in [5, 5.41) is 3.19. The topological polar surface area (TPSA) is 64.3 Å². The number of hydrogen-bond donors (Lipinski definition) is 2. The van der Waals surface area contributed by atoms with E-state index in [0.29, 0.717) is 22.1 Å². The van der Waals surface area contributed by atoms with Crippen LogP contribution in [-0.4, -0.2) is 12.5 Å². The number of rotatable bonds is 4. The zero-order chi connectivity index (χ0) is 15.4. The SMILES string of the molecule is Cc1cccc(OCC(=O)Nc2cc(Cl)ccc2N)c1C. The van der Waals surface area contributed by atoms with E-state index in [1.165, 1.54) is 0 Å². The summed E-state index contributed by atoms with van der Waals surface area (Å²) in [6, 6.07) is 10.6. The van der Waals surface area contributed by atoms with Crippen molar-refractivity contribution in [2.45, 2.75) is 13.8 Å². The molecule has 0 aromatic heterocycles. The number of ether oxygens (including phenoxy) is 1. The highest BCUT2D eigenvalue weighted by atomic mass is 35.5. The molecule has 0 aliphatic heterocycles. The monoisotopic (exact) mass is 304 g/mol. The molecule has 0 fully saturated rings. The predicted octanol–water partition coefficient (Wildman–Crippen LogP) is 3.56. The maximum atomic E-state index is 11.9. The molecule has 3 N–H and O–H groups in total. The van der Waals surface area contributed by atoms with Crippen molar-refractivity contribution in [3.63, 3.8) is 0 Å². The summed E-state index contributed by atoms with van der Waals surface area (Å²) in [5.41, 5.74) is 8.85. The van der Waals surface area contributed by atoms with Gasteiger partial charge >= 0.3 is 0 Å². The minimum Gasteiger partial charge on any atom is -0.483 e. The highest BCUT2D eigenvalue weighted by molar-refractivity contribution is 6.31. The largest absolute Gasteiger partial charge is 0.483 e. The average Bonchev–Trinajstić information content (AvgIpc) is 2.44. The summed E-state index contributed by atoms with van der Waals surface area (Å²) in [4.78, 5) is 11.9. The maximum Gasteiger partial charge on any atom is 0.262 e. The molecule has 0 spiro atoms. The van der Waals surface area contributed by atoms with Crippen LogP contribution in [0.2, 0.25) is 5.02 Å². The van der Waals surface area contributed by atoms with Gasteiger partial charge in [-0.3, -0.25) is 4.79 Å². The normalized spacial score (nSPS) is 10.2. The molecular formula is C16H17ClN2O2. The second-order valence-electron chi connectivity index (χ2n) is 4.77.